The van der Waals surface area contributed by atoms with Gasteiger partial charge in [0.05, 0.1) is 12.0 Å². The Morgan fingerprint density at radius 1 is 1.16 bits per heavy atom. The summed E-state index contributed by atoms with van der Waals surface area (Å²) >= 11 is 0. The van der Waals surface area contributed by atoms with Crippen molar-refractivity contribution in [1.29, 1.82) is 0 Å². The maximum absolute atomic E-state index is 12.6. The lowest BCUT2D eigenvalue weighted by Gasteiger charge is -2.31. The molecule has 0 spiro atoms. The fourth-order valence-corrected chi connectivity index (χ4v) is 2.83. The van der Waals surface area contributed by atoms with Gasteiger partial charge < -0.3 is 10.6 Å². The van der Waals surface area contributed by atoms with E-state index in [0.717, 1.165) is 19.4 Å². The third-order valence-electron chi connectivity index (χ3n) is 3.86. The van der Waals surface area contributed by atoms with E-state index in [1.807, 2.05) is 0 Å². The van der Waals surface area contributed by atoms with Gasteiger partial charge in [-0.1, -0.05) is 6.42 Å². The number of carbonyl (C=O) groups excluding carboxylic acids is 1. The number of carbonyl (C=O) groups is 1. The summed E-state index contributed by atoms with van der Waals surface area (Å²) in [6.45, 7) is 0.813. The Morgan fingerprint density at radius 2 is 1.89 bits per heavy atom. The van der Waals surface area contributed by atoms with Gasteiger partial charge in [0.2, 0.25) is 5.91 Å². The molecule has 1 amide bonds. The number of hydrogen-bond donors (Lipinski definition) is 2. The first kappa shape index (κ1) is 16.6. The predicted octanol–water partition coefficient (Wildman–Crippen LogP) is 2.40. The number of halogens is 4. The molecule has 2 aliphatic rings. The van der Waals surface area contributed by atoms with Gasteiger partial charge >= 0.3 is 6.18 Å². The molecule has 3 atom stereocenters. The number of alkyl halides is 3. The van der Waals surface area contributed by atoms with E-state index in [1.54, 1.807) is 0 Å². The van der Waals surface area contributed by atoms with Gasteiger partial charge in [-0.2, -0.15) is 13.2 Å². The molecule has 2 fully saturated rings. The number of nitrogens with one attached hydrogen (secondary N) is 2. The molecule has 1 saturated carbocycles. The van der Waals surface area contributed by atoms with Gasteiger partial charge in [-0.15, -0.1) is 12.4 Å². The molecule has 1 aliphatic carbocycles. The second kappa shape index (κ2) is 6.79. The van der Waals surface area contributed by atoms with Crippen LogP contribution in [-0.2, 0) is 4.79 Å². The molecule has 112 valence electrons. The minimum absolute atomic E-state index is 0. The molecular weight excluding hydrogens is 281 g/mol. The summed E-state index contributed by atoms with van der Waals surface area (Å²) in [4.78, 5) is 11.8. The highest BCUT2D eigenvalue weighted by Gasteiger charge is 2.42. The molecule has 1 saturated heterocycles. The van der Waals surface area contributed by atoms with Crippen LogP contribution in [0.2, 0.25) is 0 Å². The smallest absolute Gasteiger partial charge is 0.352 e. The minimum atomic E-state index is -4.13. The molecule has 2 rings (SSSR count). The standard InChI is InChI=1S/C12H19F3N2O.ClH/c13-12(14,15)8-3-1-4-9(7-8)17-11(18)10-5-2-6-16-10;/h8-10,16H,1-7H2,(H,17,18);1H. The molecule has 0 aromatic heterocycles. The Balaban J connectivity index is 0.00000180. The van der Waals surface area contributed by atoms with Crippen LogP contribution < -0.4 is 10.6 Å². The monoisotopic (exact) mass is 300 g/mol. The largest absolute Gasteiger partial charge is 0.391 e. The van der Waals surface area contributed by atoms with Crippen molar-refractivity contribution in [2.75, 3.05) is 6.54 Å². The average Bonchev–Trinajstić information content (AvgIpc) is 2.81. The van der Waals surface area contributed by atoms with Gasteiger partial charge in [0, 0.05) is 6.04 Å². The van der Waals surface area contributed by atoms with Crippen molar-refractivity contribution in [3.05, 3.63) is 0 Å². The fourth-order valence-electron chi connectivity index (χ4n) is 2.83. The Labute approximate surface area is 117 Å². The zero-order valence-corrected chi connectivity index (χ0v) is 11.4. The van der Waals surface area contributed by atoms with E-state index < -0.39 is 12.1 Å². The molecule has 3 nitrogen and oxygen atoms in total. The van der Waals surface area contributed by atoms with Gasteiger partial charge in [0.25, 0.3) is 0 Å². The second-order valence-corrected chi connectivity index (χ2v) is 5.26. The molecule has 0 radical (unpaired) electrons. The van der Waals surface area contributed by atoms with Gasteiger partial charge in [-0.3, -0.25) is 4.79 Å². The molecule has 0 aromatic rings. The molecule has 2 N–H and O–H groups in total. The summed E-state index contributed by atoms with van der Waals surface area (Å²) in [5, 5.41) is 5.81. The quantitative estimate of drug-likeness (QED) is 0.822. The van der Waals surface area contributed by atoms with E-state index in [9.17, 15) is 18.0 Å². The molecule has 0 aromatic carbocycles. The fraction of sp³-hybridized carbons (Fsp3) is 0.917. The van der Waals surface area contributed by atoms with E-state index in [2.05, 4.69) is 10.6 Å². The van der Waals surface area contributed by atoms with Crippen molar-refractivity contribution in [2.45, 2.75) is 56.8 Å². The summed E-state index contributed by atoms with van der Waals surface area (Å²) < 4.78 is 37.9. The summed E-state index contributed by atoms with van der Waals surface area (Å²) in [7, 11) is 0. The van der Waals surface area contributed by atoms with Crippen molar-refractivity contribution < 1.29 is 18.0 Å². The summed E-state index contributed by atoms with van der Waals surface area (Å²) in [5.41, 5.74) is 0. The third kappa shape index (κ3) is 4.53. The van der Waals surface area contributed by atoms with Gasteiger partial charge in [0.15, 0.2) is 0 Å². The summed E-state index contributed by atoms with van der Waals surface area (Å²) in [5.74, 6) is -1.39. The first-order valence-corrected chi connectivity index (χ1v) is 6.57. The minimum Gasteiger partial charge on any atom is -0.352 e. The van der Waals surface area contributed by atoms with Gasteiger partial charge in [0.1, 0.15) is 0 Å². The van der Waals surface area contributed by atoms with Crippen molar-refractivity contribution in [3.63, 3.8) is 0 Å². The van der Waals surface area contributed by atoms with Crippen molar-refractivity contribution in [2.24, 2.45) is 5.92 Å². The van der Waals surface area contributed by atoms with Gasteiger partial charge in [-0.05, 0) is 38.6 Å². The average molecular weight is 301 g/mol. The third-order valence-corrected chi connectivity index (χ3v) is 3.86. The van der Waals surface area contributed by atoms with Crippen LogP contribution in [0.5, 0.6) is 0 Å². The van der Waals surface area contributed by atoms with Crippen LogP contribution >= 0.6 is 12.4 Å². The Bertz CT molecular complexity index is 306. The molecule has 0 bridgehead atoms. The molecule has 7 heteroatoms. The van der Waals surface area contributed by atoms with Crippen molar-refractivity contribution in [1.82, 2.24) is 10.6 Å². The highest BCUT2D eigenvalue weighted by molar-refractivity contribution is 5.85. The van der Waals surface area contributed by atoms with E-state index in [4.69, 9.17) is 0 Å². The first-order chi connectivity index (χ1) is 8.47. The van der Waals surface area contributed by atoms with Crippen LogP contribution in [0.3, 0.4) is 0 Å². The zero-order chi connectivity index (χ0) is 13.2. The zero-order valence-electron chi connectivity index (χ0n) is 10.6. The maximum atomic E-state index is 12.6. The summed E-state index contributed by atoms with van der Waals surface area (Å²) in [6.07, 6.45) is -0.984. The maximum Gasteiger partial charge on any atom is 0.391 e. The van der Waals surface area contributed by atoms with Crippen LogP contribution in [0, 0.1) is 5.92 Å². The van der Waals surface area contributed by atoms with Crippen LogP contribution in [-0.4, -0.2) is 30.7 Å². The first-order valence-electron chi connectivity index (χ1n) is 6.57. The molecular formula is C12H20ClF3N2O. The highest BCUT2D eigenvalue weighted by atomic mass is 35.5. The van der Waals surface area contributed by atoms with Crippen molar-refractivity contribution in [3.8, 4) is 0 Å². The molecule has 1 heterocycles. The lowest BCUT2D eigenvalue weighted by atomic mass is 9.85. The lowest BCUT2D eigenvalue weighted by molar-refractivity contribution is -0.184. The van der Waals surface area contributed by atoms with Crippen LogP contribution in [0.25, 0.3) is 0 Å². The normalized spacial score (nSPS) is 31.6. The van der Waals surface area contributed by atoms with E-state index in [1.165, 1.54) is 0 Å². The molecule has 1 aliphatic heterocycles. The Morgan fingerprint density at radius 3 is 2.47 bits per heavy atom. The second-order valence-electron chi connectivity index (χ2n) is 5.26. The topological polar surface area (TPSA) is 41.1 Å². The Hall–Kier alpha value is -0.490. The lowest BCUT2D eigenvalue weighted by Crippen LogP contribution is -2.47. The SMILES string of the molecule is Cl.O=C(NC1CCCC(C(F)(F)F)C1)C1CCCN1. The molecule has 3 unspecified atom stereocenters. The van der Waals surface area contributed by atoms with E-state index >= 15 is 0 Å². The number of rotatable bonds is 2. The van der Waals surface area contributed by atoms with Crippen LogP contribution in [0.1, 0.15) is 38.5 Å². The highest BCUT2D eigenvalue weighted by Crippen LogP contribution is 2.37. The Kier molecular flexibility index (Phi) is 5.92. The van der Waals surface area contributed by atoms with Crippen molar-refractivity contribution >= 4 is 18.3 Å². The number of hydrogen-bond acceptors (Lipinski definition) is 2. The van der Waals surface area contributed by atoms with Crippen LogP contribution in [0.15, 0.2) is 0 Å². The van der Waals surface area contributed by atoms with E-state index in [0.29, 0.717) is 12.8 Å². The molecule has 19 heavy (non-hydrogen) atoms. The summed E-state index contributed by atoms with van der Waals surface area (Å²) in [6, 6.07) is -0.531. The number of amides is 1. The van der Waals surface area contributed by atoms with Gasteiger partial charge in [-0.25, -0.2) is 0 Å². The van der Waals surface area contributed by atoms with Crippen LogP contribution in [0.4, 0.5) is 13.2 Å². The predicted molar refractivity (Wildman–Crippen MR) is 68.2 cm³/mol. The van der Waals surface area contributed by atoms with E-state index in [-0.39, 0.29) is 43.2 Å².